The van der Waals surface area contributed by atoms with E-state index in [2.05, 4.69) is 5.32 Å². The third-order valence-corrected chi connectivity index (χ3v) is 5.26. The molecule has 2 atom stereocenters. The van der Waals surface area contributed by atoms with Crippen LogP contribution >= 0.6 is 0 Å². The number of rotatable bonds is 5. The standard InChI is InChI=1S/C19H32N4O3/c1-12-15(9-8-13-10-25-11-16(13)20)17(21-18(24)26-19(2,3)4)23(22-12)14-6-5-7-14/h13-14,16H,5-11,20H2,1-4H3,(H,21,24)/t13?,16-/m1/s1. The predicted octanol–water partition coefficient (Wildman–Crippen LogP) is 3.17. The van der Waals surface area contributed by atoms with Crippen LogP contribution in [0.25, 0.3) is 0 Å². The molecule has 1 aliphatic carbocycles. The van der Waals surface area contributed by atoms with Gasteiger partial charge in [-0.15, -0.1) is 0 Å². The number of aryl methyl sites for hydroxylation is 1. The number of anilines is 1. The highest BCUT2D eigenvalue weighted by atomic mass is 16.6. The van der Waals surface area contributed by atoms with Crippen molar-refractivity contribution in [3.05, 3.63) is 11.3 Å². The second-order valence-corrected chi connectivity index (χ2v) is 8.57. The van der Waals surface area contributed by atoms with Crippen LogP contribution in [-0.4, -0.2) is 40.7 Å². The van der Waals surface area contributed by atoms with Crippen LogP contribution in [0.5, 0.6) is 0 Å². The van der Waals surface area contributed by atoms with Crippen molar-refractivity contribution in [3.63, 3.8) is 0 Å². The molecule has 7 heteroatoms. The fourth-order valence-corrected chi connectivity index (χ4v) is 3.55. The van der Waals surface area contributed by atoms with Gasteiger partial charge in [0.05, 0.1) is 24.9 Å². The molecule has 0 aromatic carbocycles. The van der Waals surface area contributed by atoms with Gasteiger partial charge in [-0.2, -0.15) is 5.10 Å². The summed E-state index contributed by atoms with van der Waals surface area (Å²) in [7, 11) is 0. The Balaban J connectivity index is 1.78. The average Bonchev–Trinajstić information content (AvgIpc) is 2.98. The average molecular weight is 364 g/mol. The Morgan fingerprint density at radius 2 is 2.12 bits per heavy atom. The van der Waals surface area contributed by atoms with Crippen LogP contribution in [0.3, 0.4) is 0 Å². The van der Waals surface area contributed by atoms with Gasteiger partial charge in [-0.3, -0.25) is 5.32 Å². The summed E-state index contributed by atoms with van der Waals surface area (Å²) < 4.78 is 12.9. The number of carbonyl (C=O) groups is 1. The minimum Gasteiger partial charge on any atom is -0.444 e. The summed E-state index contributed by atoms with van der Waals surface area (Å²) >= 11 is 0. The topological polar surface area (TPSA) is 91.4 Å². The van der Waals surface area contributed by atoms with Gasteiger partial charge in [-0.1, -0.05) is 0 Å². The molecule has 3 N–H and O–H groups in total. The molecule has 7 nitrogen and oxygen atoms in total. The normalized spacial score (nSPS) is 23.7. The van der Waals surface area contributed by atoms with E-state index in [-0.39, 0.29) is 6.04 Å². The Morgan fingerprint density at radius 3 is 2.65 bits per heavy atom. The zero-order chi connectivity index (χ0) is 18.9. The molecule has 1 amide bonds. The number of nitrogens with two attached hydrogens (primary N) is 1. The second-order valence-electron chi connectivity index (χ2n) is 8.57. The van der Waals surface area contributed by atoms with Gasteiger partial charge in [-0.05, 0) is 65.7 Å². The van der Waals surface area contributed by atoms with Crippen molar-refractivity contribution in [2.45, 2.75) is 77.5 Å². The summed E-state index contributed by atoms with van der Waals surface area (Å²) in [5.41, 5.74) is 7.64. The smallest absolute Gasteiger partial charge is 0.413 e. The Hall–Kier alpha value is -1.60. The maximum absolute atomic E-state index is 12.4. The third-order valence-electron chi connectivity index (χ3n) is 5.26. The molecule has 1 saturated heterocycles. The van der Waals surface area contributed by atoms with Crippen molar-refractivity contribution in [1.82, 2.24) is 9.78 Å². The molecular weight excluding hydrogens is 332 g/mol. The van der Waals surface area contributed by atoms with Crippen LogP contribution in [0.2, 0.25) is 0 Å². The Labute approximate surface area is 155 Å². The quantitative estimate of drug-likeness (QED) is 0.837. The molecule has 1 saturated carbocycles. The summed E-state index contributed by atoms with van der Waals surface area (Å²) in [5.74, 6) is 1.14. The van der Waals surface area contributed by atoms with Gasteiger partial charge in [-0.25, -0.2) is 9.48 Å². The highest BCUT2D eigenvalue weighted by molar-refractivity contribution is 5.85. The second kappa shape index (κ2) is 7.56. The summed E-state index contributed by atoms with van der Waals surface area (Å²) in [4.78, 5) is 12.4. The summed E-state index contributed by atoms with van der Waals surface area (Å²) in [6, 6.07) is 0.462. The summed E-state index contributed by atoms with van der Waals surface area (Å²) in [6.07, 6.45) is 4.74. The number of hydrogen-bond donors (Lipinski definition) is 2. The van der Waals surface area contributed by atoms with Crippen LogP contribution in [0.1, 0.15) is 63.8 Å². The molecule has 1 aromatic rings. The highest BCUT2D eigenvalue weighted by Gasteiger charge is 2.30. The molecule has 2 fully saturated rings. The maximum Gasteiger partial charge on any atom is 0.413 e. The minimum atomic E-state index is -0.533. The first-order chi connectivity index (χ1) is 12.2. The molecule has 2 aliphatic rings. The van der Waals surface area contributed by atoms with E-state index in [1.807, 2.05) is 32.4 Å². The largest absolute Gasteiger partial charge is 0.444 e. The molecule has 146 valence electrons. The van der Waals surface area contributed by atoms with E-state index in [9.17, 15) is 4.79 Å². The van der Waals surface area contributed by atoms with Gasteiger partial charge >= 0.3 is 6.09 Å². The number of aromatic nitrogens is 2. The number of hydrogen-bond acceptors (Lipinski definition) is 5. The third kappa shape index (κ3) is 4.38. The van der Waals surface area contributed by atoms with E-state index in [1.54, 1.807) is 0 Å². The van der Waals surface area contributed by atoms with E-state index in [0.717, 1.165) is 42.8 Å². The van der Waals surface area contributed by atoms with Gasteiger partial charge < -0.3 is 15.2 Å². The first-order valence-electron chi connectivity index (χ1n) is 9.66. The minimum absolute atomic E-state index is 0.0965. The molecule has 0 spiro atoms. The molecule has 1 aliphatic heterocycles. The molecule has 0 radical (unpaired) electrons. The van der Waals surface area contributed by atoms with Crippen molar-refractivity contribution in [2.24, 2.45) is 11.7 Å². The van der Waals surface area contributed by atoms with E-state index in [4.69, 9.17) is 20.3 Å². The lowest BCUT2D eigenvalue weighted by Crippen LogP contribution is -2.30. The molecule has 0 bridgehead atoms. The van der Waals surface area contributed by atoms with Crippen LogP contribution < -0.4 is 11.1 Å². The van der Waals surface area contributed by atoms with Crippen molar-refractivity contribution < 1.29 is 14.3 Å². The fraction of sp³-hybridized carbons (Fsp3) is 0.789. The van der Waals surface area contributed by atoms with Gasteiger partial charge in [0.2, 0.25) is 0 Å². The number of amides is 1. The maximum atomic E-state index is 12.4. The first kappa shape index (κ1) is 19.2. The molecule has 2 heterocycles. The Bertz CT molecular complexity index is 646. The zero-order valence-corrected chi connectivity index (χ0v) is 16.4. The van der Waals surface area contributed by atoms with Crippen LogP contribution in [0.15, 0.2) is 0 Å². The number of nitrogens with zero attached hydrogens (tertiary/aromatic N) is 2. The Kier molecular flexibility index (Phi) is 5.58. The van der Waals surface area contributed by atoms with Gasteiger partial charge in [0, 0.05) is 11.6 Å². The molecule has 1 aromatic heterocycles. The van der Waals surface area contributed by atoms with Crippen molar-refractivity contribution in [3.8, 4) is 0 Å². The highest BCUT2D eigenvalue weighted by Crippen LogP contribution is 2.36. The fourth-order valence-electron chi connectivity index (χ4n) is 3.55. The SMILES string of the molecule is Cc1nn(C2CCC2)c(NC(=O)OC(C)(C)C)c1CCC1COC[C@H]1N. The zero-order valence-electron chi connectivity index (χ0n) is 16.4. The number of ether oxygens (including phenoxy) is 2. The number of nitrogens with one attached hydrogen (secondary N) is 1. The van der Waals surface area contributed by atoms with E-state index >= 15 is 0 Å². The first-order valence-corrected chi connectivity index (χ1v) is 9.66. The summed E-state index contributed by atoms with van der Waals surface area (Å²) in [6.45, 7) is 8.95. The van der Waals surface area contributed by atoms with Crippen molar-refractivity contribution >= 4 is 11.9 Å². The van der Waals surface area contributed by atoms with Crippen molar-refractivity contribution in [2.75, 3.05) is 18.5 Å². The van der Waals surface area contributed by atoms with E-state index in [1.165, 1.54) is 6.42 Å². The van der Waals surface area contributed by atoms with Crippen molar-refractivity contribution in [1.29, 1.82) is 0 Å². The van der Waals surface area contributed by atoms with Gasteiger partial charge in [0.1, 0.15) is 11.4 Å². The van der Waals surface area contributed by atoms with E-state index < -0.39 is 11.7 Å². The van der Waals surface area contributed by atoms with E-state index in [0.29, 0.717) is 25.2 Å². The van der Waals surface area contributed by atoms with Crippen LogP contribution in [0, 0.1) is 12.8 Å². The molecule has 26 heavy (non-hydrogen) atoms. The molecule has 3 rings (SSSR count). The molecular formula is C19H32N4O3. The van der Waals surface area contributed by atoms with Gasteiger partial charge in [0.25, 0.3) is 0 Å². The Morgan fingerprint density at radius 1 is 1.38 bits per heavy atom. The monoisotopic (exact) mass is 364 g/mol. The lowest BCUT2D eigenvalue weighted by Gasteiger charge is -2.28. The lowest BCUT2D eigenvalue weighted by atomic mass is 9.93. The molecule has 1 unspecified atom stereocenters. The summed E-state index contributed by atoms with van der Waals surface area (Å²) in [5, 5.41) is 7.70. The van der Waals surface area contributed by atoms with Gasteiger partial charge in [0.15, 0.2) is 0 Å². The van der Waals surface area contributed by atoms with Crippen LogP contribution in [-0.2, 0) is 15.9 Å². The lowest BCUT2D eigenvalue weighted by molar-refractivity contribution is 0.0633. The van der Waals surface area contributed by atoms with Crippen LogP contribution in [0.4, 0.5) is 10.6 Å². The predicted molar refractivity (Wildman–Crippen MR) is 100 cm³/mol. The number of carbonyl (C=O) groups excluding carboxylic acids is 1.